The molecule has 1 aliphatic heterocycles. The van der Waals surface area contributed by atoms with Crippen LogP contribution in [0.1, 0.15) is 17.8 Å². The fourth-order valence-electron chi connectivity index (χ4n) is 2.42. The number of hydrogen-bond donors (Lipinski definition) is 1. The fourth-order valence-corrected chi connectivity index (χ4v) is 4.10. The van der Waals surface area contributed by atoms with Crippen LogP contribution in [0.15, 0.2) is 0 Å². The molecule has 21 heavy (non-hydrogen) atoms. The van der Waals surface area contributed by atoms with Crippen LogP contribution in [0.3, 0.4) is 0 Å². The van der Waals surface area contributed by atoms with Crippen LogP contribution in [0.5, 0.6) is 0 Å². The van der Waals surface area contributed by atoms with Crippen LogP contribution in [-0.2, 0) is 21.2 Å². The monoisotopic (exact) mass is 316 g/mol. The molecule has 2 heterocycles. The number of hydrogen-bond acceptors (Lipinski definition) is 6. The molecule has 1 atom stereocenters. The van der Waals surface area contributed by atoms with Gasteiger partial charge in [-0.05, 0) is 20.3 Å². The number of aryl methyl sites for hydroxylation is 1. The van der Waals surface area contributed by atoms with Gasteiger partial charge in [-0.3, -0.25) is 19.6 Å². The Morgan fingerprint density at radius 3 is 2.67 bits per heavy atom. The molecule has 0 radical (unpaired) electrons. The lowest BCUT2D eigenvalue weighted by Gasteiger charge is -2.11. The molecular weight excluding hydrogens is 300 g/mol. The summed E-state index contributed by atoms with van der Waals surface area (Å²) in [7, 11) is -3.06. The summed E-state index contributed by atoms with van der Waals surface area (Å²) in [6.07, 6.45) is 0.394. The van der Waals surface area contributed by atoms with Crippen LogP contribution in [0.25, 0.3) is 0 Å². The summed E-state index contributed by atoms with van der Waals surface area (Å²) < 4.78 is 23.9. The predicted octanol–water partition coefficient (Wildman–Crippen LogP) is -0.289. The molecule has 0 saturated carbocycles. The average Bonchev–Trinajstić information content (AvgIpc) is 2.79. The van der Waals surface area contributed by atoms with Crippen molar-refractivity contribution in [2.24, 2.45) is 0 Å². The Hall–Kier alpha value is -1.97. The van der Waals surface area contributed by atoms with Crippen molar-refractivity contribution in [2.75, 3.05) is 11.5 Å². The third-order valence-corrected chi connectivity index (χ3v) is 5.18. The van der Waals surface area contributed by atoms with E-state index in [1.807, 2.05) is 0 Å². The van der Waals surface area contributed by atoms with Gasteiger partial charge in [-0.2, -0.15) is 5.10 Å². The maximum absolute atomic E-state index is 11.9. The molecule has 1 saturated heterocycles. The zero-order valence-corrected chi connectivity index (χ0v) is 12.5. The summed E-state index contributed by atoms with van der Waals surface area (Å²) in [6, 6.07) is -0.394. The molecule has 1 fully saturated rings. The highest BCUT2D eigenvalue weighted by Gasteiger charge is 2.29. The van der Waals surface area contributed by atoms with Crippen molar-refractivity contribution in [3.05, 3.63) is 21.5 Å². The Morgan fingerprint density at radius 2 is 2.19 bits per heavy atom. The van der Waals surface area contributed by atoms with Gasteiger partial charge < -0.3 is 5.32 Å². The highest BCUT2D eigenvalue weighted by Crippen LogP contribution is 2.21. The maximum atomic E-state index is 11.9. The zero-order chi connectivity index (χ0) is 15.8. The first kappa shape index (κ1) is 15.4. The van der Waals surface area contributed by atoms with Crippen molar-refractivity contribution in [3.8, 4) is 0 Å². The molecule has 2 rings (SSSR count). The van der Waals surface area contributed by atoms with E-state index in [9.17, 15) is 23.3 Å². The number of nitro groups is 1. The normalized spacial score (nSPS) is 20.4. The Bertz CT molecular complexity index is 694. The van der Waals surface area contributed by atoms with Crippen LogP contribution >= 0.6 is 0 Å². The second kappa shape index (κ2) is 5.43. The van der Waals surface area contributed by atoms with Crippen molar-refractivity contribution in [3.63, 3.8) is 0 Å². The van der Waals surface area contributed by atoms with Crippen molar-refractivity contribution in [1.29, 1.82) is 0 Å². The van der Waals surface area contributed by atoms with Gasteiger partial charge in [0.15, 0.2) is 9.84 Å². The molecule has 1 aliphatic rings. The number of carbonyl (C=O) groups excluding carboxylic acids is 1. The van der Waals surface area contributed by atoms with E-state index < -0.39 is 26.7 Å². The zero-order valence-electron chi connectivity index (χ0n) is 11.7. The SMILES string of the molecule is Cc1nn(CC(=O)N[C@H]2CCS(=O)(=O)C2)c(C)c1[N+](=O)[O-]. The first-order valence-electron chi connectivity index (χ1n) is 6.38. The van der Waals surface area contributed by atoms with Crippen molar-refractivity contribution in [1.82, 2.24) is 15.1 Å². The number of aromatic nitrogens is 2. The predicted molar refractivity (Wildman–Crippen MR) is 73.6 cm³/mol. The molecule has 116 valence electrons. The molecule has 0 unspecified atom stereocenters. The topological polar surface area (TPSA) is 124 Å². The molecule has 1 amide bonds. The molecule has 0 aliphatic carbocycles. The molecular formula is C11H16N4O5S. The lowest BCUT2D eigenvalue weighted by Crippen LogP contribution is -2.38. The quantitative estimate of drug-likeness (QED) is 0.601. The summed E-state index contributed by atoms with van der Waals surface area (Å²) in [5, 5.41) is 17.5. The summed E-state index contributed by atoms with van der Waals surface area (Å²) in [5.41, 5.74) is 0.437. The number of carbonyl (C=O) groups is 1. The number of sulfone groups is 1. The van der Waals surface area contributed by atoms with Gasteiger partial charge in [0.1, 0.15) is 17.9 Å². The van der Waals surface area contributed by atoms with E-state index in [0.29, 0.717) is 12.1 Å². The van der Waals surface area contributed by atoms with E-state index in [0.717, 1.165) is 0 Å². The van der Waals surface area contributed by atoms with Crippen molar-refractivity contribution < 1.29 is 18.1 Å². The highest BCUT2D eigenvalue weighted by atomic mass is 32.2. The fraction of sp³-hybridized carbons (Fsp3) is 0.636. The molecule has 0 spiro atoms. The van der Waals surface area contributed by atoms with Crippen LogP contribution in [0, 0.1) is 24.0 Å². The summed E-state index contributed by atoms with van der Waals surface area (Å²) >= 11 is 0. The van der Waals surface area contributed by atoms with Crippen LogP contribution in [0.2, 0.25) is 0 Å². The third kappa shape index (κ3) is 3.38. The molecule has 1 N–H and O–H groups in total. The summed E-state index contributed by atoms with van der Waals surface area (Å²) in [5.74, 6) is -0.392. The molecule has 1 aromatic rings. The van der Waals surface area contributed by atoms with E-state index >= 15 is 0 Å². The van der Waals surface area contributed by atoms with E-state index in [1.54, 1.807) is 0 Å². The molecule has 10 heteroatoms. The van der Waals surface area contributed by atoms with Gasteiger partial charge in [0.05, 0.1) is 16.4 Å². The minimum atomic E-state index is -3.06. The lowest BCUT2D eigenvalue weighted by molar-refractivity contribution is -0.386. The molecule has 0 bridgehead atoms. The standard InChI is InChI=1S/C11H16N4O5S/c1-7-11(15(17)18)8(2)14(13-7)5-10(16)12-9-3-4-21(19,20)6-9/h9H,3-6H2,1-2H3,(H,12,16)/t9-/m0/s1. The number of amides is 1. The number of rotatable bonds is 4. The first-order chi connectivity index (χ1) is 9.69. The molecule has 1 aromatic heterocycles. The van der Waals surface area contributed by atoms with Gasteiger partial charge in [0.2, 0.25) is 5.91 Å². The Morgan fingerprint density at radius 1 is 1.52 bits per heavy atom. The largest absolute Gasteiger partial charge is 0.351 e. The van der Waals surface area contributed by atoms with Crippen LogP contribution in [0.4, 0.5) is 5.69 Å². The average molecular weight is 316 g/mol. The summed E-state index contributed by atoms with van der Waals surface area (Å²) in [6.45, 7) is 2.85. The second-order valence-corrected chi connectivity index (χ2v) is 7.33. The first-order valence-corrected chi connectivity index (χ1v) is 8.20. The lowest BCUT2D eigenvalue weighted by atomic mass is 10.2. The summed E-state index contributed by atoms with van der Waals surface area (Å²) in [4.78, 5) is 22.2. The number of nitrogens with one attached hydrogen (secondary N) is 1. The Balaban J connectivity index is 2.04. The minimum Gasteiger partial charge on any atom is -0.351 e. The van der Waals surface area contributed by atoms with Crippen LogP contribution in [-0.4, -0.2) is 46.6 Å². The molecule has 0 aromatic carbocycles. The van der Waals surface area contributed by atoms with Gasteiger partial charge in [-0.1, -0.05) is 0 Å². The Labute approximate surface area is 121 Å². The van der Waals surface area contributed by atoms with E-state index in [2.05, 4.69) is 10.4 Å². The Kier molecular flexibility index (Phi) is 3.99. The van der Waals surface area contributed by atoms with Gasteiger partial charge in [0.25, 0.3) is 0 Å². The van der Waals surface area contributed by atoms with Gasteiger partial charge in [-0.25, -0.2) is 8.42 Å². The maximum Gasteiger partial charge on any atom is 0.312 e. The van der Waals surface area contributed by atoms with Gasteiger partial charge in [-0.15, -0.1) is 0 Å². The van der Waals surface area contributed by atoms with Gasteiger partial charge >= 0.3 is 5.69 Å². The third-order valence-electron chi connectivity index (χ3n) is 3.42. The van der Waals surface area contributed by atoms with Crippen molar-refractivity contribution >= 4 is 21.4 Å². The minimum absolute atomic E-state index is 0.0595. The van der Waals surface area contributed by atoms with E-state index in [1.165, 1.54) is 18.5 Å². The van der Waals surface area contributed by atoms with E-state index in [4.69, 9.17) is 0 Å². The smallest absolute Gasteiger partial charge is 0.312 e. The highest BCUT2D eigenvalue weighted by molar-refractivity contribution is 7.91. The van der Waals surface area contributed by atoms with Gasteiger partial charge in [0, 0.05) is 6.04 Å². The number of nitrogens with zero attached hydrogens (tertiary/aromatic N) is 3. The molecule has 9 nitrogen and oxygen atoms in total. The van der Waals surface area contributed by atoms with Crippen molar-refractivity contribution in [2.45, 2.75) is 32.9 Å². The van der Waals surface area contributed by atoms with Crippen LogP contribution < -0.4 is 5.32 Å². The second-order valence-electron chi connectivity index (χ2n) is 5.10. The van der Waals surface area contributed by atoms with E-state index in [-0.39, 0.29) is 29.4 Å².